The zero-order valence-electron chi connectivity index (χ0n) is 25.0. The molecule has 42 heavy (non-hydrogen) atoms. The maximum Gasteiger partial charge on any atom is 0.407 e. The number of fused-ring (bicyclic) bond motifs is 1. The van der Waals surface area contributed by atoms with E-state index in [1.54, 1.807) is 4.57 Å². The molecule has 1 fully saturated rings. The van der Waals surface area contributed by atoms with Crippen LogP contribution in [0.4, 0.5) is 4.79 Å². The minimum Gasteiger partial charge on any atom is -0.465 e. The Balaban J connectivity index is 1.41. The van der Waals surface area contributed by atoms with E-state index in [0.29, 0.717) is 32.5 Å². The van der Waals surface area contributed by atoms with Crippen LogP contribution in [0.25, 0.3) is 21.3 Å². The Labute approximate surface area is 251 Å². The Kier molecular flexibility index (Phi) is 9.60. The second-order valence-corrected chi connectivity index (χ2v) is 18.2. The number of aromatic nitrogens is 1. The topological polar surface area (TPSA) is 125 Å². The minimum atomic E-state index is -1.89. The van der Waals surface area contributed by atoms with Crippen LogP contribution in [0.5, 0.6) is 0 Å². The van der Waals surface area contributed by atoms with Gasteiger partial charge in [-0.05, 0) is 66.2 Å². The van der Waals surface area contributed by atoms with Crippen molar-refractivity contribution in [3.8, 4) is 17.2 Å². The highest BCUT2D eigenvalue weighted by molar-refractivity contribution is 7.16. The second kappa shape index (κ2) is 12.8. The highest BCUT2D eigenvalue weighted by Crippen LogP contribution is 2.36. The zero-order chi connectivity index (χ0) is 30.7. The number of rotatable bonds is 9. The predicted octanol–water partition coefficient (Wildman–Crippen LogP) is 5.84. The molecule has 1 saturated heterocycles. The molecule has 3 aromatic rings. The number of nitrogens with zero attached hydrogens (tertiary/aromatic N) is 3. The standard InChI is InChI=1S/C31H40N4O5SSi/c1-31(2,3)42(4,5)40-17-16-35-25-14-13-23(19-27(25)41-30(35)39)22-11-9-21(10-12-22)18-24(20-32)33-28(36)26-8-6-7-15-34(26)29(37)38/h9-14,19,24,26H,6-8,15-18H2,1-5H3,(H,33,36)(H,37,38)/t24-,26?/m0/s1. The van der Waals surface area contributed by atoms with Gasteiger partial charge >= 0.3 is 11.0 Å². The van der Waals surface area contributed by atoms with Crippen LogP contribution in [0.15, 0.2) is 47.3 Å². The van der Waals surface area contributed by atoms with Gasteiger partial charge < -0.3 is 14.8 Å². The monoisotopic (exact) mass is 608 g/mol. The van der Waals surface area contributed by atoms with Gasteiger partial charge in [-0.2, -0.15) is 5.26 Å². The second-order valence-electron chi connectivity index (χ2n) is 12.4. The van der Waals surface area contributed by atoms with Gasteiger partial charge in [-0.1, -0.05) is 62.4 Å². The number of carboxylic acid groups (broad SMARTS) is 1. The number of thiazole rings is 1. The van der Waals surface area contributed by atoms with Crippen molar-refractivity contribution in [2.45, 2.75) is 83.2 Å². The molecule has 2 heterocycles. The molecule has 0 spiro atoms. The molecule has 9 nitrogen and oxygen atoms in total. The first-order chi connectivity index (χ1) is 19.8. The van der Waals surface area contributed by atoms with Crippen molar-refractivity contribution in [1.82, 2.24) is 14.8 Å². The lowest BCUT2D eigenvalue weighted by Crippen LogP contribution is -2.53. The summed E-state index contributed by atoms with van der Waals surface area (Å²) >= 11 is 1.23. The Morgan fingerprint density at radius 1 is 1.17 bits per heavy atom. The third-order valence-corrected chi connectivity index (χ3v) is 14.0. The summed E-state index contributed by atoms with van der Waals surface area (Å²) in [5.41, 5.74) is 3.74. The van der Waals surface area contributed by atoms with E-state index in [0.717, 1.165) is 44.6 Å². The van der Waals surface area contributed by atoms with Crippen LogP contribution in [-0.2, 0) is 22.2 Å². The molecule has 0 radical (unpaired) electrons. The highest BCUT2D eigenvalue weighted by atomic mass is 32.1. The lowest BCUT2D eigenvalue weighted by Gasteiger charge is -2.36. The Bertz CT molecular complexity index is 1530. The third kappa shape index (κ3) is 7.11. The summed E-state index contributed by atoms with van der Waals surface area (Å²) in [6, 6.07) is 14.4. The molecule has 4 rings (SSSR count). The quantitative estimate of drug-likeness (QED) is 0.294. The van der Waals surface area contributed by atoms with Gasteiger partial charge in [-0.15, -0.1) is 0 Å². The SMILES string of the molecule is CC(C)(C)[Si](C)(C)OCCn1c(=O)sc2cc(-c3ccc(C[C@@H](C#N)NC(=O)C4CCCCN4C(=O)O)cc3)ccc21. The van der Waals surface area contributed by atoms with Gasteiger partial charge in [0, 0.05) is 19.5 Å². The molecule has 0 saturated carbocycles. The molecule has 2 N–H and O–H groups in total. The van der Waals surface area contributed by atoms with E-state index in [1.165, 1.54) is 11.3 Å². The van der Waals surface area contributed by atoms with Crippen LogP contribution in [0, 0.1) is 11.3 Å². The van der Waals surface area contributed by atoms with Crippen molar-refractivity contribution >= 4 is 41.9 Å². The average Bonchev–Trinajstić information content (AvgIpc) is 3.26. The van der Waals surface area contributed by atoms with Gasteiger partial charge in [0.2, 0.25) is 5.91 Å². The van der Waals surface area contributed by atoms with Crippen LogP contribution < -0.4 is 10.2 Å². The van der Waals surface area contributed by atoms with Crippen LogP contribution in [0.1, 0.15) is 45.6 Å². The largest absolute Gasteiger partial charge is 0.465 e. The van der Waals surface area contributed by atoms with E-state index in [-0.39, 0.29) is 9.91 Å². The fourth-order valence-corrected chi connectivity index (χ4v) is 6.96. The number of nitriles is 1. The Morgan fingerprint density at radius 3 is 2.50 bits per heavy atom. The lowest BCUT2D eigenvalue weighted by atomic mass is 9.99. The van der Waals surface area contributed by atoms with Crippen molar-refractivity contribution in [2.24, 2.45) is 0 Å². The summed E-state index contributed by atoms with van der Waals surface area (Å²) in [5, 5.41) is 21.9. The lowest BCUT2D eigenvalue weighted by molar-refractivity contribution is -0.127. The van der Waals surface area contributed by atoms with Crippen molar-refractivity contribution in [3.05, 3.63) is 57.7 Å². The number of nitrogens with one attached hydrogen (secondary N) is 1. The van der Waals surface area contributed by atoms with Gasteiger partial charge in [0.05, 0.1) is 22.9 Å². The van der Waals surface area contributed by atoms with Crippen molar-refractivity contribution in [2.75, 3.05) is 13.2 Å². The van der Waals surface area contributed by atoms with Gasteiger partial charge in [0.1, 0.15) is 12.1 Å². The van der Waals surface area contributed by atoms with Crippen LogP contribution >= 0.6 is 11.3 Å². The van der Waals surface area contributed by atoms with E-state index in [2.05, 4.69) is 45.3 Å². The summed E-state index contributed by atoms with van der Waals surface area (Å²) in [5.74, 6) is -0.425. The first-order valence-corrected chi connectivity index (χ1v) is 18.1. The molecule has 1 aromatic heterocycles. The minimum absolute atomic E-state index is 0.000578. The fourth-order valence-electron chi connectivity index (χ4n) is 4.97. The molecule has 1 aliphatic heterocycles. The number of piperidine rings is 1. The van der Waals surface area contributed by atoms with E-state index in [1.807, 2.05) is 42.5 Å². The molecule has 2 atom stereocenters. The first-order valence-electron chi connectivity index (χ1n) is 14.4. The molecule has 0 aliphatic carbocycles. The molecule has 0 bridgehead atoms. The number of benzene rings is 2. The number of amides is 2. The molecular formula is C31H40N4O5SSi. The normalized spacial score (nSPS) is 16.7. The smallest absolute Gasteiger partial charge is 0.407 e. The van der Waals surface area contributed by atoms with E-state index in [4.69, 9.17) is 4.43 Å². The van der Waals surface area contributed by atoms with Gasteiger partial charge in [-0.25, -0.2) is 4.79 Å². The summed E-state index contributed by atoms with van der Waals surface area (Å²) in [6.45, 7) is 12.4. The van der Waals surface area contributed by atoms with Gasteiger partial charge in [-0.3, -0.25) is 19.1 Å². The summed E-state index contributed by atoms with van der Waals surface area (Å²) in [4.78, 5) is 38.3. The maximum absolute atomic E-state index is 12.8. The summed E-state index contributed by atoms with van der Waals surface area (Å²) in [6.07, 6.45) is 1.16. The maximum atomic E-state index is 12.8. The highest BCUT2D eigenvalue weighted by Gasteiger charge is 2.37. The van der Waals surface area contributed by atoms with Gasteiger partial charge in [0.25, 0.3) is 0 Å². The molecular weight excluding hydrogens is 569 g/mol. The predicted molar refractivity (Wildman–Crippen MR) is 168 cm³/mol. The molecule has 1 unspecified atom stereocenters. The number of likely N-dealkylation sites (tertiary alicyclic amines) is 1. The van der Waals surface area contributed by atoms with E-state index in [9.17, 15) is 24.8 Å². The molecule has 11 heteroatoms. The molecule has 2 aromatic carbocycles. The van der Waals surface area contributed by atoms with E-state index >= 15 is 0 Å². The number of carbonyl (C=O) groups excluding carboxylic acids is 1. The first kappa shape index (κ1) is 31.5. The van der Waals surface area contributed by atoms with Crippen LogP contribution in [-0.4, -0.2) is 60.1 Å². The third-order valence-electron chi connectivity index (χ3n) is 8.50. The van der Waals surface area contributed by atoms with Crippen LogP contribution in [0.3, 0.4) is 0 Å². The van der Waals surface area contributed by atoms with Crippen molar-refractivity contribution in [3.63, 3.8) is 0 Å². The summed E-state index contributed by atoms with van der Waals surface area (Å²) in [7, 11) is -1.89. The molecule has 2 amide bonds. The van der Waals surface area contributed by atoms with Crippen molar-refractivity contribution < 1.29 is 19.1 Å². The number of hydrogen-bond acceptors (Lipinski definition) is 6. The number of carbonyl (C=O) groups is 2. The number of hydrogen-bond donors (Lipinski definition) is 2. The molecule has 1 aliphatic rings. The van der Waals surface area contributed by atoms with Crippen LogP contribution in [0.2, 0.25) is 18.1 Å². The molecule has 224 valence electrons. The Hall–Kier alpha value is -3.46. The van der Waals surface area contributed by atoms with Gasteiger partial charge in [0.15, 0.2) is 8.32 Å². The average molecular weight is 609 g/mol. The fraction of sp³-hybridized carbons (Fsp3) is 0.484. The summed E-state index contributed by atoms with van der Waals surface area (Å²) < 4.78 is 9.00. The van der Waals surface area contributed by atoms with E-state index < -0.39 is 32.4 Å². The van der Waals surface area contributed by atoms with Crippen molar-refractivity contribution in [1.29, 1.82) is 5.26 Å². The zero-order valence-corrected chi connectivity index (χ0v) is 26.8. The Morgan fingerprint density at radius 2 is 1.86 bits per heavy atom.